The monoisotopic (exact) mass is 323 g/mol. The molecular formula is C17H26FN3S. The molecule has 1 fully saturated rings. The second-order valence-corrected chi connectivity index (χ2v) is 6.24. The number of piperidine rings is 1. The summed E-state index contributed by atoms with van der Waals surface area (Å²) in [6, 6.07) is 6.97. The molecule has 0 radical (unpaired) electrons. The van der Waals surface area contributed by atoms with Crippen LogP contribution >= 0.6 is 12.2 Å². The SMILES string of the molecule is CCC1CCCCN1CCCNC(=S)Nc1ccc(F)cc1. The molecule has 0 aliphatic carbocycles. The Kier molecular flexibility index (Phi) is 7.06. The largest absolute Gasteiger partial charge is 0.362 e. The third-order valence-electron chi connectivity index (χ3n) is 4.23. The van der Waals surface area contributed by atoms with Crippen LogP contribution in [0.1, 0.15) is 39.0 Å². The van der Waals surface area contributed by atoms with Crippen molar-refractivity contribution < 1.29 is 4.39 Å². The van der Waals surface area contributed by atoms with Crippen LogP contribution in [0.4, 0.5) is 10.1 Å². The number of rotatable bonds is 6. The van der Waals surface area contributed by atoms with Gasteiger partial charge >= 0.3 is 0 Å². The van der Waals surface area contributed by atoms with Crippen molar-refractivity contribution in [3.8, 4) is 0 Å². The van der Waals surface area contributed by atoms with Gasteiger partial charge in [-0.1, -0.05) is 13.3 Å². The normalized spacial score (nSPS) is 18.9. The highest BCUT2D eigenvalue weighted by Crippen LogP contribution is 2.19. The van der Waals surface area contributed by atoms with Crippen LogP contribution in [0.5, 0.6) is 0 Å². The van der Waals surface area contributed by atoms with Crippen LogP contribution in [-0.4, -0.2) is 35.7 Å². The molecule has 0 bridgehead atoms. The van der Waals surface area contributed by atoms with E-state index >= 15 is 0 Å². The van der Waals surface area contributed by atoms with E-state index in [1.807, 2.05) is 0 Å². The number of anilines is 1. The van der Waals surface area contributed by atoms with Gasteiger partial charge in [-0.25, -0.2) is 4.39 Å². The standard InChI is InChI=1S/C17H26FN3S/c1-2-16-6-3-4-12-21(16)13-5-11-19-17(22)20-15-9-7-14(18)8-10-15/h7-10,16H,2-6,11-13H2,1H3,(H2,19,20,22). The van der Waals surface area contributed by atoms with Gasteiger partial charge in [0.15, 0.2) is 5.11 Å². The van der Waals surface area contributed by atoms with Crippen molar-refractivity contribution in [3.63, 3.8) is 0 Å². The van der Waals surface area contributed by atoms with Gasteiger partial charge in [0.25, 0.3) is 0 Å². The highest BCUT2D eigenvalue weighted by atomic mass is 32.1. The van der Waals surface area contributed by atoms with Crippen molar-refractivity contribution in [2.75, 3.05) is 25.0 Å². The second kappa shape index (κ2) is 9.06. The third kappa shape index (κ3) is 5.54. The van der Waals surface area contributed by atoms with Gasteiger partial charge in [0.1, 0.15) is 5.82 Å². The number of thiocarbonyl (C=S) groups is 1. The first kappa shape index (κ1) is 17.2. The maximum absolute atomic E-state index is 12.8. The van der Waals surface area contributed by atoms with Crippen LogP contribution in [0.3, 0.4) is 0 Å². The molecule has 0 aromatic heterocycles. The van der Waals surface area contributed by atoms with Crippen LogP contribution in [0, 0.1) is 5.82 Å². The molecule has 0 spiro atoms. The first-order valence-corrected chi connectivity index (χ1v) is 8.64. The Morgan fingerprint density at radius 1 is 1.32 bits per heavy atom. The Morgan fingerprint density at radius 2 is 2.09 bits per heavy atom. The molecular weight excluding hydrogens is 297 g/mol. The van der Waals surface area contributed by atoms with Gasteiger partial charge in [-0.3, -0.25) is 0 Å². The number of hydrogen-bond donors (Lipinski definition) is 2. The van der Waals surface area contributed by atoms with Gasteiger partial charge in [0, 0.05) is 24.8 Å². The summed E-state index contributed by atoms with van der Waals surface area (Å²) in [5.74, 6) is -0.239. The second-order valence-electron chi connectivity index (χ2n) is 5.84. The average Bonchev–Trinajstić information content (AvgIpc) is 2.54. The van der Waals surface area contributed by atoms with Gasteiger partial charge in [-0.05, 0) is 68.7 Å². The first-order valence-electron chi connectivity index (χ1n) is 8.23. The van der Waals surface area contributed by atoms with E-state index < -0.39 is 0 Å². The number of hydrogen-bond acceptors (Lipinski definition) is 2. The smallest absolute Gasteiger partial charge is 0.170 e. The van der Waals surface area contributed by atoms with Gasteiger partial charge in [0.05, 0.1) is 0 Å². The highest BCUT2D eigenvalue weighted by molar-refractivity contribution is 7.80. The molecule has 1 aromatic rings. The van der Waals surface area contributed by atoms with E-state index in [-0.39, 0.29) is 5.82 Å². The molecule has 2 N–H and O–H groups in total. The molecule has 1 unspecified atom stereocenters. The first-order chi connectivity index (χ1) is 10.7. The van der Waals surface area contributed by atoms with Crippen LogP contribution in [0.2, 0.25) is 0 Å². The highest BCUT2D eigenvalue weighted by Gasteiger charge is 2.19. The molecule has 0 amide bonds. The Balaban J connectivity index is 1.63. The zero-order valence-corrected chi connectivity index (χ0v) is 14.1. The summed E-state index contributed by atoms with van der Waals surface area (Å²) in [4.78, 5) is 2.61. The van der Waals surface area contributed by atoms with Crippen molar-refractivity contribution in [1.82, 2.24) is 10.2 Å². The molecule has 1 atom stereocenters. The summed E-state index contributed by atoms with van der Waals surface area (Å²) < 4.78 is 12.8. The average molecular weight is 323 g/mol. The fraction of sp³-hybridized carbons (Fsp3) is 0.588. The molecule has 2 rings (SSSR count). The molecule has 5 heteroatoms. The Morgan fingerprint density at radius 3 is 2.82 bits per heavy atom. The minimum Gasteiger partial charge on any atom is -0.362 e. The molecule has 1 aromatic carbocycles. The lowest BCUT2D eigenvalue weighted by molar-refractivity contribution is 0.143. The van der Waals surface area contributed by atoms with Gasteiger partial charge in [-0.15, -0.1) is 0 Å². The quantitative estimate of drug-likeness (QED) is 0.616. The van der Waals surface area contributed by atoms with E-state index in [1.54, 1.807) is 12.1 Å². The zero-order valence-electron chi connectivity index (χ0n) is 13.3. The fourth-order valence-corrected chi connectivity index (χ4v) is 3.23. The van der Waals surface area contributed by atoms with E-state index in [0.717, 1.165) is 31.2 Å². The molecule has 1 heterocycles. The maximum atomic E-state index is 12.8. The van der Waals surface area contributed by atoms with E-state index in [4.69, 9.17) is 12.2 Å². The molecule has 3 nitrogen and oxygen atoms in total. The number of likely N-dealkylation sites (tertiary alicyclic amines) is 1. The molecule has 1 aliphatic heterocycles. The van der Waals surface area contributed by atoms with Crippen molar-refractivity contribution in [1.29, 1.82) is 0 Å². The van der Waals surface area contributed by atoms with Crippen LogP contribution < -0.4 is 10.6 Å². The number of nitrogens with zero attached hydrogens (tertiary/aromatic N) is 1. The lowest BCUT2D eigenvalue weighted by atomic mass is 10.00. The van der Waals surface area contributed by atoms with Crippen LogP contribution in [0.25, 0.3) is 0 Å². The number of halogens is 1. The van der Waals surface area contributed by atoms with E-state index in [2.05, 4.69) is 22.5 Å². The van der Waals surface area contributed by atoms with Gasteiger partial charge in [-0.2, -0.15) is 0 Å². The molecule has 0 saturated carbocycles. The minimum atomic E-state index is -0.239. The van der Waals surface area contributed by atoms with E-state index in [1.165, 1.54) is 44.4 Å². The van der Waals surface area contributed by atoms with Crippen molar-refractivity contribution in [3.05, 3.63) is 30.1 Å². The molecule has 122 valence electrons. The maximum Gasteiger partial charge on any atom is 0.170 e. The molecule has 22 heavy (non-hydrogen) atoms. The number of nitrogens with one attached hydrogen (secondary N) is 2. The lowest BCUT2D eigenvalue weighted by Gasteiger charge is -2.35. The van der Waals surface area contributed by atoms with Gasteiger partial charge < -0.3 is 15.5 Å². The van der Waals surface area contributed by atoms with Crippen molar-refractivity contribution in [2.24, 2.45) is 0 Å². The zero-order chi connectivity index (χ0) is 15.8. The Bertz CT molecular complexity index is 463. The topological polar surface area (TPSA) is 27.3 Å². The summed E-state index contributed by atoms with van der Waals surface area (Å²) >= 11 is 5.26. The van der Waals surface area contributed by atoms with Gasteiger partial charge in [0.2, 0.25) is 0 Å². The molecule has 1 saturated heterocycles. The summed E-state index contributed by atoms with van der Waals surface area (Å²) in [5.41, 5.74) is 0.806. The Labute approximate surface area is 138 Å². The van der Waals surface area contributed by atoms with E-state index in [0.29, 0.717) is 5.11 Å². The summed E-state index contributed by atoms with van der Waals surface area (Å²) in [6.07, 6.45) is 6.38. The van der Waals surface area contributed by atoms with Crippen LogP contribution in [0.15, 0.2) is 24.3 Å². The van der Waals surface area contributed by atoms with Crippen LogP contribution in [-0.2, 0) is 0 Å². The van der Waals surface area contributed by atoms with Crippen molar-refractivity contribution >= 4 is 23.0 Å². The van der Waals surface area contributed by atoms with Crippen molar-refractivity contribution in [2.45, 2.75) is 45.1 Å². The Hall–Kier alpha value is -1.20. The predicted octanol–water partition coefficient (Wildman–Crippen LogP) is 3.77. The fourth-order valence-electron chi connectivity index (χ4n) is 3.01. The number of benzene rings is 1. The summed E-state index contributed by atoms with van der Waals surface area (Å²) in [5, 5.41) is 6.88. The lowest BCUT2D eigenvalue weighted by Crippen LogP contribution is -2.40. The summed E-state index contributed by atoms with van der Waals surface area (Å²) in [6.45, 7) is 5.50. The van der Waals surface area contributed by atoms with E-state index in [9.17, 15) is 4.39 Å². The minimum absolute atomic E-state index is 0.239. The molecule has 1 aliphatic rings. The summed E-state index contributed by atoms with van der Waals surface area (Å²) in [7, 11) is 0. The predicted molar refractivity (Wildman–Crippen MR) is 94.7 cm³/mol. The third-order valence-corrected chi connectivity index (χ3v) is 4.48.